The fraction of sp³-hybridized carbons (Fsp3) is 0.200. The summed E-state index contributed by atoms with van der Waals surface area (Å²) in [6.45, 7) is 0.333. The number of aliphatic imine (C=N–C) groups is 1. The highest BCUT2D eigenvalue weighted by molar-refractivity contribution is 6.79. The fourth-order valence-corrected chi connectivity index (χ4v) is 0.811. The largest absolute Gasteiger partial charge is 0.331 e. The van der Waals surface area contributed by atoms with E-state index >= 15 is 0 Å². The average Bonchev–Trinajstić information content (AvgIpc) is 2.36. The van der Waals surface area contributed by atoms with E-state index in [0.29, 0.717) is 18.1 Å². The van der Waals surface area contributed by atoms with Crippen molar-refractivity contribution in [3.05, 3.63) is 0 Å². The van der Waals surface area contributed by atoms with Gasteiger partial charge in [0.15, 0.2) is 5.71 Å². The summed E-state index contributed by atoms with van der Waals surface area (Å²) >= 11 is 0. The van der Waals surface area contributed by atoms with E-state index in [-0.39, 0.29) is 18.3 Å². The minimum atomic E-state index is -0.192. The third kappa shape index (κ3) is 1.14. The molecule has 1 N–H and O–H groups in total. The SMILES string of the molecule is Cl.O=C1NCN=C2C=NN=C12. The molecule has 0 saturated carbocycles. The van der Waals surface area contributed by atoms with Crippen LogP contribution in [0, 0.1) is 0 Å². The molecule has 0 radical (unpaired) electrons. The van der Waals surface area contributed by atoms with Gasteiger partial charge in [0.1, 0.15) is 12.4 Å². The van der Waals surface area contributed by atoms with Gasteiger partial charge in [-0.3, -0.25) is 9.79 Å². The summed E-state index contributed by atoms with van der Waals surface area (Å²) in [7, 11) is 0. The predicted molar refractivity (Wildman–Crippen MR) is 43.6 cm³/mol. The summed E-state index contributed by atoms with van der Waals surface area (Å²) < 4.78 is 0. The van der Waals surface area contributed by atoms with Crippen LogP contribution in [-0.4, -0.2) is 30.2 Å². The molecule has 0 saturated heterocycles. The Morgan fingerprint density at radius 2 is 2.36 bits per heavy atom. The Morgan fingerprint density at radius 3 is 3.09 bits per heavy atom. The molecule has 0 bridgehead atoms. The van der Waals surface area contributed by atoms with Crippen LogP contribution in [-0.2, 0) is 4.79 Å². The van der Waals surface area contributed by atoms with E-state index in [1.54, 1.807) is 0 Å². The minimum Gasteiger partial charge on any atom is -0.331 e. The second-order valence-corrected chi connectivity index (χ2v) is 1.90. The van der Waals surface area contributed by atoms with Crippen molar-refractivity contribution in [2.45, 2.75) is 0 Å². The zero-order valence-corrected chi connectivity index (χ0v) is 6.26. The number of halogens is 1. The molecule has 0 aromatic carbocycles. The summed E-state index contributed by atoms with van der Waals surface area (Å²) in [6, 6.07) is 0. The first-order valence-corrected chi connectivity index (χ1v) is 2.82. The maximum Gasteiger partial charge on any atom is 0.275 e. The van der Waals surface area contributed by atoms with E-state index in [1.165, 1.54) is 6.21 Å². The molecule has 0 unspecified atom stereocenters. The first-order valence-electron chi connectivity index (χ1n) is 2.82. The third-order valence-electron chi connectivity index (χ3n) is 1.28. The molecule has 11 heavy (non-hydrogen) atoms. The highest BCUT2D eigenvalue weighted by Gasteiger charge is 2.23. The number of hydrogen-bond donors (Lipinski definition) is 1. The monoisotopic (exact) mass is 172 g/mol. The van der Waals surface area contributed by atoms with Crippen LogP contribution in [0.1, 0.15) is 0 Å². The average molecular weight is 173 g/mol. The van der Waals surface area contributed by atoms with Crippen molar-refractivity contribution in [2.75, 3.05) is 6.67 Å². The zero-order valence-electron chi connectivity index (χ0n) is 5.44. The first kappa shape index (κ1) is 7.87. The van der Waals surface area contributed by atoms with E-state index < -0.39 is 0 Å². The van der Waals surface area contributed by atoms with Gasteiger partial charge in [0.05, 0.1) is 6.21 Å². The molecule has 2 heterocycles. The van der Waals surface area contributed by atoms with Crippen molar-refractivity contribution >= 4 is 36.0 Å². The zero-order chi connectivity index (χ0) is 6.97. The molecule has 0 atom stereocenters. The Kier molecular flexibility index (Phi) is 2.00. The van der Waals surface area contributed by atoms with Gasteiger partial charge < -0.3 is 5.32 Å². The number of carbonyl (C=O) groups is 1. The second kappa shape index (κ2) is 2.79. The molecule has 0 spiro atoms. The number of hydrogen-bond acceptors (Lipinski definition) is 4. The molecule has 58 valence electrons. The van der Waals surface area contributed by atoms with Gasteiger partial charge in [-0.05, 0) is 0 Å². The number of nitrogens with one attached hydrogen (secondary N) is 1. The Hall–Kier alpha value is -1.23. The molecule has 0 aromatic heterocycles. The summed E-state index contributed by atoms with van der Waals surface area (Å²) in [5, 5.41) is 9.65. The third-order valence-corrected chi connectivity index (χ3v) is 1.28. The first-order chi connectivity index (χ1) is 4.88. The van der Waals surface area contributed by atoms with E-state index in [0.717, 1.165) is 0 Å². The smallest absolute Gasteiger partial charge is 0.275 e. The van der Waals surface area contributed by atoms with Gasteiger partial charge >= 0.3 is 0 Å². The molecular weight excluding hydrogens is 168 g/mol. The fourth-order valence-electron chi connectivity index (χ4n) is 0.811. The highest BCUT2D eigenvalue weighted by Crippen LogP contribution is 1.97. The molecule has 2 aliphatic heterocycles. The molecule has 2 rings (SSSR count). The summed E-state index contributed by atoms with van der Waals surface area (Å²) in [4.78, 5) is 14.8. The molecule has 0 aliphatic carbocycles. The van der Waals surface area contributed by atoms with Gasteiger partial charge in [0.25, 0.3) is 5.91 Å². The summed E-state index contributed by atoms with van der Waals surface area (Å²) in [5.41, 5.74) is 0.912. The van der Waals surface area contributed by atoms with E-state index in [9.17, 15) is 4.79 Å². The van der Waals surface area contributed by atoms with Gasteiger partial charge in [-0.2, -0.15) is 5.10 Å². The van der Waals surface area contributed by atoms with Crippen molar-refractivity contribution in [3.8, 4) is 0 Å². The van der Waals surface area contributed by atoms with Crippen LogP contribution in [0.5, 0.6) is 0 Å². The van der Waals surface area contributed by atoms with Crippen LogP contribution >= 0.6 is 12.4 Å². The second-order valence-electron chi connectivity index (χ2n) is 1.90. The Morgan fingerprint density at radius 1 is 1.55 bits per heavy atom. The van der Waals surface area contributed by atoms with Crippen molar-refractivity contribution in [3.63, 3.8) is 0 Å². The van der Waals surface area contributed by atoms with Crippen molar-refractivity contribution in [1.82, 2.24) is 5.32 Å². The van der Waals surface area contributed by atoms with Gasteiger partial charge in [0, 0.05) is 0 Å². The van der Waals surface area contributed by atoms with Gasteiger partial charge in [-0.15, -0.1) is 17.5 Å². The topological polar surface area (TPSA) is 66.2 Å². The van der Waals surface area contributed by atoms with Crippen LogP contribution < -0.4 is 5.32 Å². The van der Waals surface area contributed by atoms with Gasteiger partial charge in [-0.25, -0.2) is 0 Å². The standard InChI is InChI=1S/C5H4N4O.ClH/c10-5-4-3(1-8-9-4)6-2-7-5;/h1H,2H2,(H,7,10);1H. The van der Waals surface area contributed by atoms with Gasteiger partial charge in [0.2, 0.25) is 0 Å². The van der Waals surface area contributed by atoms with E-state index in [1.807, 2.05) is 0 Å². The van der Waals surface area contributed by atoms with Crippen LogP contribution in [0.15, 0.2) is 15.2 Å². The molecule has 0 fully saturated rings. The van der Waals surface area contributed by atoms with Crippen LogP contribution in [0.4, 0.5) is 0 Å². The van der Waals surface area contributed by atoms with Crippen LogP contribution in [0.2, 0.25) is 0 Å². The maximum atomic E-state index is 10.9. The Balaban J connectivity index is 0.000000605. The van der Waals surface area contributed by atoms with E-state index in [4.69, 9.17) is 0 Å². The predicted octanol–water partition coefficient (Wildman–Crippen LogP) is -0.623. The number of nitrogens with zero attached hydrogens (tertiary/aromatic N) is 3. The molecule has 0 aromatic rings. The van der Waals surface area contributed by atoms with Crippen LogP contribution in [0.25, 0.3) is 0 Å². The lowest BCUT2D eigenvalue weighted by molar-refractivity contribution is -0.114. The molecular formula is C5H5ClN4O. The van der Waals surface area contributed by atoms with Crippen molar-refractivity contribution in [1.29, 1.82) is 0 Å². The number of amides is 1. The lowest BCUT2D eigenvalue weighted by Crippen LogP contribution is -2.39. The number of rotatable bonds is 0. The van der Waals surface area contributed by atoms with Crippen LogP contribution in [0.3, 0.4) is 0 Å². The molecule has 2 aliphatic rings. The maximum absolute atomic E-state index is 10.9. The lowest BCUT2D eigenvalue weighted by atomic mass is 10.2. The number of carbonyl (C=O) groups excluding carboxylic acids is 1. The van der Waals surface area contributed by atoms with E-state index in [2.05, 4.69) is 20.5 Å². The Labute approximate surface area is 68.7 Å². The number of fused-ring (bicyclic) bond motifs is 1. The van der Waals surface area contributed by atoms with Gasteiger partial charge in [-0.1, -0.05) is 0 Å². The van der Waals surface area contributed by atoms with Crippen molar-refractivity contribution in [2.24, 2.45) is 15.2 Å². The summed E-state index contributed by atoms with van der Waals surface area (Å²) in [5.74, 6) is -0.192. The highest BCUT2D eigenvalue weighted by atomic mass is 35.5. The summed E-state index contributed by atoms with van der Waals surface area (Å²) in [6.07, 6.45) is 1.48. The molecule has 5 nitrogen and oxygen atoms in total. The Bertz CT molecular complexity index is 280. The minimum absolute atomic E-state index is 0. The molecule has 6 heteroatoms. The molecule has 1 amide bonds. The lowest BCUT2D eigenvalue weighted by Gasteiger charge is -2.06. The quantitative estimate of drug-likeness (QED) is 0.520. The van der Waals surface area contributed by atoms with Crippen molar-refractivity contribution < 1.29 is 4.79 Å². The normalized spacial score (nSPS) is 19.5.